The lowest BCUT2D eigenvalue weighted by atomic mass is 10.0. The number of anilines is 2. The summed E-state index contributed by atoms with van der Waals surface area (Å²) in [4.78, 5) is 23.5. The Morgan fingerprint density at radius 1 is 0.625 bits per heavy atom. The summed E-state index contributed by atoms with van der Waals surface area (Å²) in [7, 11) is 0. The molecule has 4 rings (SSSR count). The van der Waals surface area contributed by atoms with Crippen molar-refractivity contribution in [2.24, 2.45) is 11.8 Å². The van der Waals surface area contributed by atoms with Crippen molar-refractivity contribution in [3.63, 3.8) is 0 Å². The van der Waals surface area contributed by atoms with E-state index in [4.69, 9.17) is 0 Å². The van der Waals surface area contributed by atoms with E-state index in [2.05, 4.69) is 10.6 Å². The van der Waals surface area contributed by atoms with Gasteiger partial charge in [-0.3, -0.25) is 9.59 Å². The summed E-state index contributed by atoms with van der Waals surface area (Å²) < 4.78 is 0. The molecule has 0 unspecified atom stereocenters. The maximum absolute atomic E-state index is 11.8. The lowest BCUT2D eigenvalue weighted by Crippen LogP contribution is -2.13. The predicted octanol–water partition coefficient (Wildman–Crippen LogP) is 4.05. The highest BCUT2D eigenvalue weighted by molar-refractivity contribution is 5.95. The molecule has 0 bridgehead atoms. The molecule has 2 aromatic carbocycles. The van der Waals surface area contributed by atoms with Gasteiger partial charge in [0.2, 0.25) is 11.8 Å². The van der Waals surface area contributed by atoms with E-state index in [0.717, 1.165) is 48.2 Å². The van der Waals surface area contributed by atoms with Crippen LogP contribution >= 0.6 is 0 Å². The number of nitrogens with one attached hydrogen (secondary N) is 2. The van der Waals surface area contributed by atoms with Crippen LogP contribution in [0.4, 0.5) is 11.4 Å². The summed E-state index contributed by atoms with van der Waals surface area (Å²) in [6.07, 6.45) is 4.03. The van der Waals surface area contributed by atoms with Crippen molar-refractivity contribution in [2.45, 2.75) is 25.7 Å². The van der Waals surface area contributed by atoms with E-state index in [1.165, 1.54) is 0 Å². The van der Waals surface area contributed by atoms with Gasteiger partial charge < -0.3 is 10.6 Å². The molecule has 122 valence electrons. The average Bonchev–Trinajstić information content (AvgIpc) is 3.49. The van der Waals surface area contributed by atoms with Crippen LogP contribution < -0.4 is 10.6 Å². The van der Waals surface area contributed by atoms with Crippen molar-refractivity contribution in [3.05, 3.63) is 48.5 Å². The molecule has 4 nitrogen and oxygen atoms in total. The lowest BCUT2D eigenvalue weighted by molar-refractivity contribution is -0.118. The first-order valence-corrected chi connectivity index (χ1v) is 8.51. The monoisotopic (exact) mass is 320 g/mol. The van der Waals surface area contributed by atoms with Gasteiger partial charge in [-0.1, -0.05) is 24.3 Å². The molecule has 0 radical (unpaired) electrons. The third-order valence-corrected chi connectivity index (χ3v) is 4.53. The summed E-state index contributed by atoms with van der Waals surface area (Å²) >= 11 is 0. The van der Waals surface area contributed by atoms with Crippen LogP contribution in [-0.4, -0.2) is 11.8 Å². The van der Waals surface area contributed by atoms with Crippen LogP contribution in [0.1, 0.15) is 25.7 Å². The molecular formula is C20H20N2O2. The smallest absolute Gasteiger partial charge is 0.227 e. The second kappa shape index (κ2) is 6.11. The molecule has 0 aliphatic heterocycles. The van der Waals surface area contributed by atoms with E-state index in [9.17, 15) is 9.59 Å². The predicted molar refractivity (Wildman–Crippen MR) is 94.6 cm³/mol. The van der Waals surface area contributed by atoms with Crippen molar-refractivity contribution in [1.29, 1.82) is 0 Å². The number of hydrogen-bond donors (Lipinski definition) is 2. The maximum Gasteiger partial charge on any atom is 0.227 e. The van der Waals surface area contributed by atoms with Crippen LogP contribution in [0, 0.1) is 11.8 Å². The Morgan fingerprint density at radius 3 is 1.25 bits per heavy atom. The van der Waals surface area contributed by atoms with E-state index in [1.807, 2.05) is 48.5 Å². The Labute approximate surface area is 141 Å². The average molecular weight is 320 g/mol. The number of amides is 2. The Morgan fingerprint density at radius 2 is 0.958 bits per heavy atom. The number of benzene rings is 2. The van der Waals surface area contributed by atoms with Crippen LogP contribution in [0.25, 0.3) is 11.1 Å². The van der Waals surface area contributed by atoms with E-state index in [0.29, 0.717) is 0 Å². The van der Waals surface area contributed by atoms with E-state index >= 15 is 0 Å². The molecule has 0 heterocycles. The summed E-state index contributed by atoms with van der Waals surface area (Å²) in [5.41, 5.74) is 3.84. The van der Waals surface area contributed by atoms with Gasteiger partial charge in [0.25, 0.3) is 0 Å². The van der Waals surface area contributed by atoms with Crippen LogP contribution in [0.15, 0.2) is 48.5 Å². The summed E-state index contributed by atoms with van der Waals surface area (Å²) in [5, 5.41) is 5.89. The fourth-order valence-electron chi connectivity index (χ4n) is 2.67. The standard InChI is InChI=1S/C20H20N2O2/c23-19(15-1-2-15)21-17-9-5-13(6-10-17)14-7-11-18(12-8-14)22-20(24)16-3-4-16/h5-12,15-16H,1-4H2,(H,21,23)(H,22,24). The zero-order valence-corrected chi connectivity index (χ0v) is 13.4. The number of rotatable bonds is 5. The van der Waals surface area contributed by atoms with Gasteiger partial charge in [0.05, 0.1) is 0 Å². The largest absolute Gasteiger partial charge is 0.326 e. The van der Waals surface area contributed by atoms with Gasteiger partial charge in [0, 0.05) is 23.2 Å². The molecule has 0 spiro atoms. The number of hydrogen-bond acceptors (Lipinski definition) is 2. The fourth-order valence-corrected chi connectivity index (χ4v) is 2.67. The molecule has 2 fully saturated rings. The van der Waals surface area contributed by atoms with Crippen LogP contribution in [0.2, 0.25) is 0 Å². The third-order valence-electron chi connectivity index (χ3n) is 4.53. The normalized spacial score (nSPS) is 16.5. The minimum Gasteiger partial charge on any atom is -0.326 e. The Bertz CT molecular complexity index is 690. The topological polar surface area (TPSA) is 58.2 Å². The molecule has 2 aliphatic carbocycles. The maximum atomic E-state index is 11.8. The van der Waals surface area contributed by atoms with Gasteiger partial charge in [-0.25, -0.2) is 0 Å². The second-order valence-corrected chi connectivity index (χ2v) is 6.68. The molecule has 2 aliphatic rings. The Kier molecular flexibility index (Phi) is 3.81. The first-order chi connectivity index (χ1) is 11.7. The van der Waals surface area contributed by atoms with Gasteiger partial charge in [-0.2, -0.15) is 0 Å². The quantitative estimate of drug-likeness (QED) is 0.873. The first kappa shape index (κ1) is 14.9. The zero-order valence-electron chi connectivity index (χ0n) is 13.4. The summed E-state index contributed by atoms with van der Waals surface area (Å²) in [6.45, 7) is 0. The molecule has 0 atom stereocenters. The van der Waals surface area contributed by atoms with E-state index in [-0.39, 0.29) is 23.7 Å². The SMILES string of the molecule is O=C(Nc1ccc(-c2ccc(NC(=O)C3CC3)cc2)cc1)C1CC1. The Balaban J connectivity index is 1.41. The molecule has 0 saturated heterocycles. The fraction of sp³-hybridized carbons (Fsp3) is 0.300. The van der Waals surface area contributed by atoms with Crippen LogP contribution in [0.5, 0.6) is 0 Å². The molecule has 2 aromatic rings. The number of carbonyl (C=O) groups excluding carboxylic acids is 2. The summed E-state index contributed by atoms with van der Waals surface area (Å²) in [5.74, 6) is 0.670. The van der Waals surface area contributed by atoms with Gasteiger partial charge in [0.1, 0.15) is 0 Å². The van der Waals surface area contributed by atoms with Crippen molar-refractivity contribution < 1.29 is 9.59 Å². The molecule has 0 aromatic heterocycles. The van der Waals surface area contributed by atoms with E-state index < -0.39 is 0 Å². The van der Waals surface area contributed by atoms with Gasteiger partial charge in [0.15, 0.2) is 0 Å². The third kappa shape index (κ3) is 3.48. The Hall–Kier alpha value is -2.62. The molecule has 4 heteroatoms. The summed E-state index contributed by atoms with van der Waals surface area (Å²) in [6, 6.07) is 15.7. The van der Waals surface area contributed by atoms with Crippen LogP contribution in [0.3, 0.4) is 0 Å². The molecule has 2 saturated carbocycles. The highest BCUT2D eigenvalue weighted by atomic mass is 16.2. The molecule has 2 amide bonds. The van der Waals surface area contributed by atoms with Gasteiger partial charge in [-0.15, -0.1) is 0 Å². The lowest BCUT2D eigenvalue weighted by Gasteiger charge is -2.08. The molecular weight excluding hydrogens is 300 g/mol. The highest BCUT2D eigenvalue weighted by Crippen LogP contribution is 2.31. The van der Waals surface area contributed by atoms with Gasteiger partial charge in [-0.05, 0) is 61.1 Å². The van der Waals surface area contributed by atoms with Crippen LogP contribution in [-0.2, 0) is 9.59 Å². The van der Waals surface area contributed by atoms with E-state index in [1.54, 1.807) is 0 Å². The van der Waals surface area contributed by atoms with Gasteiger partial charge >= 0.3 is 0 Å². The van der Waals surface area contributed by atoms with Crippen molar-refractivity contribution in [3.8, 4) is 11.1 Å². The van der Waals surface area contributed by atoms with Crippen molar-refractivity contribution in [1.82, 2.24) is 0 Å². The second-order valence-electron chi connectivity index (χ2n) is 6.68. The molecule has 24 heavy (non-hydrogen) atoms. The zero-order chi connectivity index (χ0) is 16.5. The van der Waals surface area contributed by atoms with Crippen molar-refractivity contribution in [2.75, 3.05) is 10.6 Å². The minimum absolute atomic E-state index is 0.124. The highest BCUT2D eigenvalue weighted by Gasteiger charge is 2.30. The number of carbonyl (C=O) groups is 2. The van der Waals surface area contributed by atoms with Crippen molar-refractivity contribution >= 4 is 23.2 Å². The minimum atomic E-state index is 0.124. The first-order valence-electron chi connectivity index (χ1n) is 8.51. The molecule has 2 N–H and O–H groups in total.